The molecule has 0 spiro atoms. The molecule has 0 saturated heterocycles. The Morgan fingerprint density at radius 3 is 2.69 bits per heavy atom. The minimum atomic E-state index is 0.912. The minimum absolute atomic E-state index is 0.912. The van der Waals surface area contributed by atoms with Crippen LogP contribution in [0.2, 0.25) is 0 Å². The molecule has 0 N–H and O–H groups in total. The molecule has 0 amide bonds. The monoisotopic (exact) mass is 169 g/mol. The lowest BCUT2D eigenvalue weighted by atomic mass is 10.2. The van der Waals surface area contributed by atoms with Gasteiger partial charge in [-0.05, 0) is 31.2 Å². The summed E-state index contributed by atoms with van der Waals surface area (Å²) in [7, 11) is 0. The van der Waals surface area contributed by atoms with Crippen molar-refractivity contribution in [2.45, 2.75) is 6.92 Å². The first-order chi connectivity index (χ1) is 6.36. The Hall–Kier alpha value is -1.70. The molecule has 0 aromatic carbocycles. The third-order valence-corrected chi connectivity index (χ3v) is 1.78. The van der Waals surface area contributed by atoms with Crippen molar-refractivity contribution in [1.29, 1.82) is 0 Å². The fourth-order valence-corrected chi connectivity index (χ4v) is 1.09. The van der Waals surface area contributed by atoms with E-state index in [4.69, 9.17) is 0 Å². The number of nitrogens with zero attached hydrogens (tertiary/aromatic N) is 2. The Morgan fingerprint density at radius 2 is 2.08 bits per heavy atom. The molecular weight excluding hydrogens is 160 g/mol. The summed E-state index contributed by atoms with van der Waals surface area (Å²) in [5.41, 5.74) is 2.82. The zero-order valence-corrected chi connectivity index (χ0v) is 7.36. The average Bonchev–Trinajstić information content (AvgIpc) is 2.20. The predicted octanol–water partition coefficient (Wildman–Crippen LogP) is 2.25. The van der Waals surface area contributed by atoms with Crippen LogP contribution in [-0.2, 0) is 0 Å². The van der Waals surface area contributed by atoms with E-state index in [0.29, 0.717) is 0 Å². The fourth-order valence-electron chi connectivity index (χ4n) is 1.09. The Morgan fingerprint density at radius 1 is 1.15 bits per heavy atom. The van der Waals surface area contributed by atoms with E-state index >= 15 is 0 Å². The topological polar surface area (TPSA) is 25.8 Å². The first kappa shape index (κ1) is 7.92. The van der Waals surface area contributed by atoms with Crippen LogP contribution in [0, 0.1) is 13.1 Å². The standard InChI is InChI=1S/C11H9N2/c1-9-5-6-10(8-13-9)11-4-2-3-7-12-11/h2-7H,1H3. The Bertz CT molecular complexity index is 379. The molecule has 2 heterocycles. The summed E-state index contributed by atoms with van der Waals surface area (Å²) >= 11 is 0. The van der Waals surface area contributed by atoms with Crippen molar-refractivity contribution in [2.75, 3.05) is 0 Å². The first-order valence-corrected chi connectivity index (χ1v) is 4.13. The van der Waals surface area contributed by atoms with Crippen molar-refractivity contribution in [3.63, 3.8) is 0 Å². The molecule has 0 aliphatic heterocycles. The van der Waals surface area contributed by atoms with Crippen LogP contribution in [0.3, 0.4) is 0 Å². The van der Waals surface area contributed by atoms with Crippen molar-refractivity contribution in [3.05, 3.63) is 48.4 Å². The van der Waals surface area contributed by atoms with Gasteiger partial charge in [0, 0.05) is 17.5 Å². The van der Waals surface area contributed by atoms with Gasteiger partial charge in [0.1, 0.15) is 0 Å². The lowest BCUT2D eigenvalue weighted by molar-refractivity contribution is 1.18. The fraction of sp³-hybridized carbons (Fsp3) is 0.0909. The maximum Gasteiger partial charge on any atom is 0.0990 e. The Labute approximate surface area is 77.3 Å². The summed E-state index contributed by atoms with van der Waals surface area (Å²) in [5, 5.41) is 0. The molecule has 0 aliphatic carbocycles. The SMILES string of the molecule is Cc1ccc(-c2ccccn2)[c]n1. The number of aromatic nitrogens is 2. The van der Waals surface area contributed by atoms with E-state index in [1.54, 1.807) is 6.20 Å². The highest BCUT2D eigenvalue weighted by Crippen LogP contribution is 2.13. The van der Waals surface area contributed by atoms with E-state index in [-0.39, 0.29) is 0 Å². The zero-order valence-electron chi connectivity index (χ0n) is 7.36. The van der Waals surface area contributed by atoms with E-state index in [1.165, 1.54) is 0 Å². The highest BCUT2D eigenvalue weighted by molar-refractivity contribution is 5.56. The first-order valence-electron chi connectivity index (χ1n) is 4.13. The quantitative estimate of drug-likeness (QED) is 0.654. The molecule has 0 atom stereocenters. The van der Waals surface area contributed by atoms with Gasteiger partial charge >= 0.3 is 0 Å². The molecular formula is C11H9N2. The normalized spacial score (nSPS) is 9.92. The molecule has 2 nitrogen and oxygen atoms in total. The van der Waals surface area contributed by atoms with Gasteiger partial charge in [0.15, 0.2) is 0 Å². The van der Waals surface area contributed by atoms with Gasteiger partial charge in [0.05, 0.1) is 11.9 Å². The van der Waals surface area contributed by atoms with E-state index < -0.39 is 0 Å². The zero-order chi connectivity index (χ0) is 9.10. The van der Waals surface area contributed by atoms with Gasteiger partial charge in [-0.2, -0.15) is 0 Å². The predicted molar refractivity (Wildman–Crippen MR) is 51.0 cm³/mol. The minimum Gasteiger partial charge on any atom is -0.256 e. The third-order valence-electron chi connectivity index (χ3n) is 1.78. The molecule has 2 aromatic rings. The number of hydrogen-bond acceptors (Lipinski definition) is 2. The van der Waals surface area contributed by atoms with Gasteiger partial charge < -0.3 is 0 Å². The summed E-state index contributed by atoms with van der Waals surface area (Å²) in [5.74, 6) is 0. The summed E-state index contributed by atoms with van der Waals surface area (Å²) < 4.78 is 0. The second kappa shape index (κ2) is 3.35. The molecule has 2 rings (SSSR count). The maximum absolute atomic E-state index is 4.21. The van der Waals surface area contributed by atoms with Crippen molar-refractivity contribution in [3.8, 4) is 11.3 Å². The second-order valence-electron chi connectivity index (χ2n) is 2.83. The summed E-state index contributed by atoms with van der Waals surface area (Å²) in [6.45, 7) is 1.94. The van der Waals surface area contributed by atoms with Crippen molar-refractivity contribution in [1.82, 2.24) is 9.97 Å². The van der Waals surface area contributed by atoms with Gasteiger partial charge in [-0.15, -0.1) is 0 Å². The maximum atomic E-state index is 4.21. The number of pyridine rings is 2. The van der Waals surface area contributed by atoms with Crippen LogP contribution in [0.5, 0.6) is 0 Å². The van der Waals surface area contributed by atoms with Gasteiger partial charge in [-0.1, -0.05) is 6.07 Å². The molecule has 63 valence electrons. The highest BCUT2D eigenvalue weighted by atomic mass is 14.7. The molecule has 0 bridgehead atoms. The Balaban J connectivity index is 2.42. The molecule has 0 saturated carbocycles. The van der Waals surface area contributed by atoms with Crippen LogP contribution in [-0.4, -0.2) is 9.97 Å². The highest BCUT2D eigenvalue weighted by Gasteiger charge is 1.97. The second-order valence-corrected chi connectivity index (χ2v) is 2.83. The number of rotatable bonds is 1. The van der Waals surface area contributed by atoms with Crippen LogP contribution < -0.4 is 0 Å². The van der Waals surface area contributed by atoms with Crippen LogP contribution in [0.1, 0.15) is 5.69 Å². The molecule has 13 heavy (non-hydrogen) atoms. The van der Waals surface area contributed by atoms with Gasteiger partial charge in [-0.25, -0.2) is 0 Å². The molecule has 0 fully saturated rings. The molecule has 2 heteroatoms. The molecule has 0 aliphatic rings. The van der Waals surface area contributed by atoms with Crippen LogP contribution >= 0.6 is 0 Å². The van der Waals surface area contributed by atoms with Crippen molar-refractivity contribution in [2.24, 2.45) is 0 Å². The van der Waals surface area contributed by atoms with E-state index in [9.17, 15) is 0 Å². The van der Waals surface area contributed by atoms with E-state index in [1.807, 2.05) is 37.3 Å². The lowest BCUT2D eigenvalue weighted by Gasteiger charge is -1.98. The van der Waals surface area contributed by atoms with Gasteiger partial charge in [-0.3, -0.25) is 9.97 Å². The van der Waals surface area contributed by atoms with Gasteiger partial charge in [0.25, 0.3) is 0 Å². The van der Waals surface area contributed by atoms with Crippen LogP contribution in [0.15, 0.2) is 36.5 Å². The van der Waals surface area contributed by atoms with E-state index in [0.717, 1.165) is 17.0 Å². The number of hydrogen-bond donors (Lipinski definition) is 0. The van der Waals surface area contributed by atoms with Gasteiger partial charge in [0.2, 0.25) is 0 Å². The molecule has 0 unspecified atom stereocenters. The smallest absolute Gasteiger partial charge is 0.0990 e. The summed E-state index contributed by atoms with van der Waals surface area (Å²) in [6, 6.07) is 9.73. The lowest BCUT2D eigenvalue weighted by Crippen LogP contribution is -1.85. The van der Waals surface area contributed by atoms with Crippen LogP contribution in [0.4, 0.5) is 0 Å². The Kier molecular flexibility index (Phi) is 2.04. The van der Waals surface area contributed by atoms with Crippen LogP contribution in [0.25, 0.3) is 11.3 Å². The summed E-state index contributed by atoms with van der Waals surface area (Å²) in [4.78, 5) is 8.30. The van der Waals surface area contributed by atoms with Crippen molar-refractivity contribution >= 4 is 0 Å². The summed E-state index contributed by atoms with van der Waals surface area (Å²) in [6.07, 6.45) is 4.71. The van der Waals surface area contributed by atoms with E-state index in [2.05, 4.69) is 16.2 Å². The largest absolute Gasteiger partial charge is 0.256 e. The van der Waals surface area contributed by atoms with Crippen molar-refractivity contribution < 1.29 is 0 Å². The molecule has 1 radical (unpaired) electrons. The number of aryl methyl sites for hydroxylation is 1. The average molecular weight is 169 g/mol. The third kappa shape index (κ3) is 1.72. The molecule has 2 aromatic heterocycles.